The maximum absolute atomic E-state index is 12.1. The molecule has 2 atom stereocenters. The molecule has 5 heteroatoms. The van der Waals surface area contributed by atoms with E-state index in [4.69, 9.17) is 4.74 Å². The normalized spacial score (nSPS) is 29.7. The predicted molar refractivity (Wildman–Crippen MR) is 70.5 cm³/mol. The van der Waals surface area contributed by atoms with Crippen LogP contribution >= 0.6 is 11.8 Å². The number of fused-ring (bicyclic) bond motifs is 1. The molecule has 0 aliphatic carbocycles. The number of hydrogen-bond donors (Lipinski definition) is 1. The van der Waals surface area contributed by atoms with Crippen molar-refractivity contribution in [1.82, 2.24) is 10.2 Å². The van der Waals surface area contributed by atoms with Gasteiger partial charge in [-0.2, -0.15) is 11.8 Å². The highest BCUT2D eigenvalue weighted by Crippen LogP contribution is 2.25. The molecule has 2 rings (SSSR count). The highest BCUT2D eigenvalue weighted by atomic mass is 32.2. The molecule has 2 saturated heterocycles. The van der Waals surface area contributed by atoms with Gasteiger partial charge in [-0.15, -0.1) is 0 Å². The van der Waals surface area contributed by atoms with E-state index >= 15 is 0 Å². The Kier molecular flexibility index (Phi) is 3.88. The van der Waals surface area contributed by atoms with E-state index in [-0.39, 0.29) is 6.09 Å². The number of thioether (sulfide) groups is 1. The van der Waals surface area contributed by atoms with Crippen molar-refractivity contribution in [3.8, 4) is 0 Å². The molecular formula is C12H22N2O2S. The SMILES string of the molecule is CC(C)(C)OC(=O)N1CCNC2CSCCC21. The molecule has 0 aromatic carbocycles. The molecule has 2 aliphatic heterocycles. The number of ether oxygens (including phenoxy) is 1. The average molecular weight is 258 g/mol. The Morgan fingerprint density at radius 3 is 2.94 bits per heavy atom. The Labute approximate surface area is 107 Å². The minimum atomic E-state index is -0.402. The van der Waals surface area contributed by atoms with Gasteiger partial charge in [0.15, 0.2) is 0 Å². The van der Waals surface area contributed by atoms with Crippen LogP contribution in [0.2, 0.25) is 0 Å². The van der Waals surface area contributed by atoms with Crippen LogP contribution in [0.1, 0.15) is 27.2 Å². The van der Waals surface area contributed by atoms with E-state index in [0.29, 0.717) is 12.1 Å². The summed E-state index contributed by atoms with van der Waals surface area (Å²) in [5.74, 6) is 2.24. The summed E-state index contributed by atoms with van der Waals surface area (Å²) < 4.78 is 5.48. The van der Waals surface area contributed by atoms with Gasteiger partial charge in [-0.05, 0) is 32.9 Å². The van der Waals surface area contributed by atoms with Crippen LogP contribution in [0.5, 0.6) is 0 Å². The third-order valence-electron chi connectivity index (χ3n) is 3.11. The quantitative estimate of drug-likeness (QED) is 0.718. The van der Waals surface area contributed by atoms with Crippen LogP contribution in [-0.4, -0.2) is 53.3 Å². The molecule has 17 heavy (non-hydrogen) atoms. The second-order valence-corrected chi connectivity index (χ2v) is 6.82. The second-order valence-electron chi connectivity index (χ2n) is 5.67. The molecule has 0 radical (unpaired) electrons. The highest BCUT2D eigenvalue weighted by Gasteiger charge is 2.37. The van der Waals surface area contributed by atoms with E-state index in [0.717, 1.165) is 31.0 Å². The molecule has 98 valence electrons. The zero-order valence-corrected chi connectivity index (χ0v) is 11.7. The number of amides is 1. The zero-order valence-electron chi connectivity index (χ0n) is 10.9. The zero-order chi connectivity index (χ0) is 12.5. The van der Waals surface area contributed by atoms with Crippen LogP contribution < -0.4 is 5.32 Å². The summed E-state index contributed by atoms with van der Waals surface area (Å²) in [6.07, 6.45) is 0.919. The maximum Gasteiger partial charge on any atom is 0.410 e. The van der Waals surface area contributed by atoms with Crippen LogP contribution in [0, 0.1) is 0 Å². The number of nitrogens with one attached hydrogen (secondary N) is 1. The summed E-state index contributed by atoms with van der Waals surface area (Å²) in [6.45, 7) is 7.39. The monoisotopic (exact) mass is 258 g/mol. The molecule has 0 aromatic heterocycles. The molecule has 0 bridgehead atoms. The van der Waals surface area contributed by atoms with Crippen molar-refractivity contribution in [3.63, 3.8) is 0 Å². The lowest BCUT2D eigenvalue weighted by atomic mass is 10.0. The lowest BCUT2D eigenvalue weighted by Crippen LogP contribution is -2.62. The van der Waals surface area contributed by atoms with Crippen molar-refractivity contribution < 1.29 is 9.53 Å². The first-order valence-electron chi connectivity index (χ1n) is 6.28. The molecule has 1 amide bonds. The first kappa shape index (κ1) is 13.0. The van der Waals surface area contributed by atoms with E-state index in [9.17, 15) is 4.79 Å². The van der Waals surface area contributed by atoms with Crippen LogP contribution in [0.3, 0.4) is 0 Å². The topological polar surface area (TPSA) is 41.6 Å². The highest BCUT2D eigenvalue weighted by molar-refractivity contribution is 7.99. The number of nitrogens with zero attached hydrogens (tertiary/aromatic N) is 1. The maximum atomic E-state index is 12.1. The molecule has 0 spiro atoms. The van der Waals surface area contributed by atoms with Crippen molar-refractivity contribution >= 4 is 17.9 Å². The van der Waals surface area contributed by atoms with Gasteiger partial charge in [-0.3, -0.25) is 0 Å². The van der Waals surface area contributed by atoms with Crippen LogP contribution in [-0.2, 0) is 4.74 Å². The average Bonchev–Trinajstić information content (AvgIpc) is 2.26. The molecule has 2 aliphatic rings. The molecule has 0 saturated carbocycles. The standard InChI is InChI=1S/C12H22N2O2S/c1-12(2,3)16-11(15)14-6-5-13-9-8-17-7-4-10(9)14/h9-10,13H,4-8H2,1-3H3. The fourth-order valence-corrected chi connectivity index (χ4v) is 3.55. The molecule has 1 N–H and O–H groups in total. The third-order valence-corrected chi connectivity index (χ3v) is 4.23. The summed E-state index contributed by atoms with van der Waals surface area (Å²) in [7, 11) is 0. The van der Waals surface area contributed by atoms with E-state index in [2.05, 4.69) is 5.32 Å². The first-order valence-corrected chi connectivity index (χ1v) is 7.43. The minimum Gasteiger partial charge on any atom is -0.444 e. The van der Waals surface area contributed by atoms with Gasteiger partial charge < -0.3 is 15.0 Å². The van der Waals surface area contributed by atoms with Crippen molar-refractivity contribution in [3.05, 3.63) is 0 Å². The number of carbonyl (C=O) groups is 1. The van der Waals surface area contributed by atoms with Crippen LogP contribution in [0.15, 0.2) is 0 Å². The van der Waals surface area contributed by atoms with E-state index in [1.165, 1.54) is 0 Å². The predicted octanol–water partition coefficient (Wildman–Crippen LogP) is 1.70. The summed E-state index contributed by atoms with van der Waals surface area (Å²) in [5, 5.41) is 3.50. The van der Waals surface area contributed by atoms with Gasteiger partial charge in [-0.1, -0.05) is 0 Å². The van der Waals surface area contributed by atoms with Crippen molar-refractivity contribution in [1.29, 1.82) is 0 Å². The van der Waals surface area contributed by atoms with Crippen molar-refractivity contribution in [2.45, 2.75) is 44.9 Å². The fraction of sp³-hybridized carbons (Fsp3) is 0.917. The number of hydrogen-bond acceptors (Lipinski definition) is 4. The minimum absolute atomic E-state index is 0.152. The Bertz CT molecular complexity index is 289. The summed E-state index contributed by atoms with van der Waals surface area (Å²) in [4.78, 5) is 14.1. The van der Waals surface area contributed by atoms with Gasteiger partial charge in [0.05, 0.1) is 6.04 Å². The number of rotatable bonds is 0. The Morgan fingerprint density at radius 2 is 2.24 bits per heavy atom. The summed E-state index contributed by atoms with van der Waals surface area (Å²) >= 11 is 1.97. The lowest BCUT2D eigenvalue weighted by molar-refractivity contribution is 0.00626. The van der Waals surface area contributed by atoms with Gasteiger partial charge in [0.1, 0.15) is 5.60 Å². The van der Waals surface area contributed by atoms with Crippen LogP contribution in [0.4, 0.5) is 4.79 Å². The molecule has 2 heterocycles. The molecule has 4 nitrogen and oxygen atoms in total. The molecule has 0 aromatic rings. The lowest BCUT2D eigenvalue weighted by Gasteiger charge is -2.44. The van der Waals surface area contributed by atoms with Crippen molar-refractivity contribution in [2.75, 3.05) is 24.6 Å². The molecule has 2 fully saturated rings. The number of piperazine rings is 1. The van der Waals surface area contributed by atoms with E-state index in [1.807, 2.05) is 37.4 Å². The Morgan fingerprint density at radius 1 is 1.47 bits per heavy atom. The van der Waals surface area contributed by atoms with Gasteiger partial charge in [0.25, 0.3) is 0 Å². The fourth-order valence-electron chi connectivity index (χ4n) is 2.38. The summed E-state index contributed by atoms with van der Waals surface area (Å²) in [6, 6.07) is 0.759. The first-order chi connectivity index (χ1) is 7.97. The van der Waals surface area contributed by atoms with E-state index in [1.54, 1.807) is 0 Å². The molecular weight excluding hydrogens is 236 g/mol. The molecule has 2 unspecified atom stereocenters. The third kappa shape index (κ3) is 3.28. The van der Waals surface area contributed by atoms with E-state index < -0.39 is 5.60 Å². The second kappa shape index (κ2) is 5.06. The Hall–Kier alpha value is -0.420. The summed E-state index contributed by atoms with van der Waals surface area (Å²) in [5.41, 5.74) is -0.402. The van der Waals surface area contributed by atoms with Crippen LogP contribution in [0.25, 0.3) is 0 Å². The van der Waals surface area contributed by atoms with Crippen molar-refractivity contribution in [2.24, 2.45) is 0 Å². The van der Waals surface area contributed by atoms with Gasteiger partial charge in [-0.25, -0.2) is 4.79 Å². The smallest absolute Gasteiger partial charge is 0.410 e. The Balaban J connectivity index is 2.01. The van der Waals surface area contributed by atoms with Gasteiger partial charge >= 0.3 is 6.09 Å². The van der Waals surface area contributed by atoms with Gasteiger partial charge in [0.2, 0.25) is 0 Å². The van der Waals surface area contributed by atoms with Gasteiger partial charge in [0, 0.05) is 24.9 Å². The largest absolute Gasteiger partial charge is 0.444 e. The number of carbonyl (C=O) groups excluding carboxylic acids is 1.